The molecule has 0 unspecified atom stereocenters. The monoisotopic (exact) mass is 394 g/mol. The van der Waals surface area contributed by atoms with E-state index in [-0.39, 0.29) is 5.91 Å². The molecule has 0 aliphatic carbocycles. The number of carbonyl (C=O) groups excluding carboxylic acids is 1. The number of pyridine rings is 1. The number of nitrogens with zero attached hydrogens (tertiary/aromatic N) is 3. The molecular formula is C21H22N4O2S. The van der Waals surface area contributed by atoms with Gasteiger partial charge in [-0.15, -0.1) is 11.3 Å². The molecule has 4 rings (SSSR count). The van der Waals surface area contributed by atoms with Crippen LogP contribution in [0.5, 0.6) is 5.75 Å². The molecular weight excluding hydrogens is 372 g/mol. The average molecular weight is 395 g/mol. The summed E-state index contributed by atoms with van der Waals surface area (Å²) >= 11 is 1.53. The second-order valence-corrected chi connectivity index (χ2v) is 7.73. The third kappa shape index (κ3) is 3.84. The van der Waals surface area contributed by atoms with Crippen LogP contribution < -0.4 is 15.0 Å². The van der Waals surface area contributed by atoms with Crippen LogP contribution in [0.3, 0.4) is 0 Å². The molecule has 6 nitrogen and oxygen atoms in total. The second kappa shape index (κ2) is 7.98. The number of methoxy groups -OCH3 is 1. The lowest BCUT2D eigenvalue weighted by atomic mass is 9.73. The van der Waals surface area contributed by atoms with Crippen molar-refractivity contribution in [1.82, 2.24) is 15.3 Å². The van der Waals surface area contributed by atoms with E-state index in [1.54, 1.807) is 18.8 Å². The molecule has 28 heavy (non-hydrogen) atoms. The summed E-state index contributed by atoms with van der Waals surface area (Å²) in [5.74, 6) is 1.75. The zero-order valence-corrected chi connectivity index (χ0v) is 16.5. The van der Waals surface area contributed by atoms with E-state index in [1.807, 2.05) is 47.8 Å². The molecule has 3 heterocycles. The van der Waals surface area contributed by atoms with Crippen LogP contribution in [0.15, 0.2) is 59.6 Å². The summed E-state index contributed by atoms with van der Waals surface area (Å²) in [6, 6.07) is 13.8. The van der Waals surface area contributed by atoms with Gasteiger partial charge < -0.3 is 15.0 Å². The molecule has 2 aromatic heterocycles. The summed E-state index contributed by atoms with van der Waals surface area (Å²) in [6.07, 6.45) is 2.43. The quantitative estimate of drug-likeness (QED) is 0.667. The van der Waals surface area contributed by atoms with Gasteiger partial charge in [0.2, 0.25) is 5.91 Å². The minimum atomic E-state index is -0.500. The molecule has 0 atom stereocenters. The lowest BCUT2D eigenvalue weighted by Crippen LogP contribution is -2.64. The third-order valence-corrected chi connectivity index (χ3v) is 5.67. The third-order valence-electron chi connectivity index (χ3n) is 5.03. The molecule has 7 heteroatoms. The highest BCUT2D eigenvalue weighted by Gasteiger charge is 2.49. The Labute approximate surface area is 168 Å². The molecule has 3 aromatic rings. The van der Waals surface area contributed by atoms with Crippen LogP contribution in [0.25, 0.3) is 0 Å². The van der Waals surface area contributed by atoms with Crippen molar-refractivity contribution in [3.8, 4) is 5.75 Å². The summed E-state index contributed by atoms with van der Waals surface area (Å²) in [7, 11) is 1.65. The SMILES string of the molecule is COc1cccc(CC2(C(=O)NCc3cscn3)CN(c3ccccn3)C2)c1. The first-order valence-electron chi connectivity index (χ1n) is 9.13. The van der Waals surface area contributed by atoms with Gasteiger partial charge in [0, 0.05) is 24.7 Å². The van der Waals surface area contributed by atoms with Gasteiger partial charge in [0.1, 0.15) is 11.6 Å². The summed E-state index contributed by atoms with van der Waals surface area (Å²) in [6.45, 7) is 1.71. The number of ether oxygens (including phenoxy) is 1. The number of hydrogen-bond donors (Lipinski definition) is 1. The van der Waals surface area contributed by atoms with Gasteiger partial charge in [0.15, 0.2) is 0 Å². The molecule has 0 bridgehead atoms. The number of hydrogen-bond acceptors (Lipinski definition) is 6. The van der Waals surface area contributed by atoms with Gasteiger partial charge in [-0.1, -0.05) is 18.2 Å². The van der Waals surface area contributed by atoms with Crippen LogP contribution in [0.1, 0.15) is 11.3 Å². The Kier molecular flexibility index (Phi) is 5.25. The van der Waals surface area contributed by atoms with Gasteiger partial charge in [-0.05, 0) is 36.2 Å². The van der Waals surface area contributed by atoms with Crippen LogP contribution >= 0.6 is 11.3 Å². The van der Waals surface area contributed by atoms with Gasteiger partial charge >= 0.3 is 0 Å². The van der Waals surface area contributed by atoms with Crippen molar-refractivity contribution < 1.29 is 9.53 Å². The first-order valence-corrected chi connectivity index (χ1v) is 10.1. The average Bonchev–Trinajstić information content (AvgIpc) is 3.23. The zero-order valence-electron chi connectivity index (χ0n) is 15.7. The van der Waals surface area contributed by atoms with E-state index in [0.29, 0.717) is 26.1 Å². The number of carbonyl (C=O) groups is 1. The van der Waals surface area contributed by atoms with Gasteiger partial charge in [-0.25, -0.2) is 9.97 Å². The zero-order chi connectivity index (χ0) is 19.4. The van der Waals surface area contributed by atoms with Crippen molar-refractivity contribution in [1.29, 1.82) is 0 Å². The predicted octanol–water partition coefficient (Wildman–Crippen LogP) is 2.91. The van der Waals surface area contributed by atoms with E-state index >= 15 is 0 Å². The molecule has 1 amide bonds. The van der Waals surface area contributed by atoms with Crippen LogP contribution in [0.2, 0.25) is 0 Å². The minimum absolute atomic E-state index is 0.0514. The molecule has 1 fully saturated rings. The highest BCUT2D eigenvalue weighted by molar-refractivity contribution is 7.07. The largest absolute Gasteiger partial charge is 0.497 e. The predicted molar refractivity (Wildman–Crippen MR) is 110 cm³/mol. The van der Waals surface area contributed by atoms with Crippen molar-refractivity contribution in [2.75, 3.05) is 25.1 Å². The Bertz CT molecular complexity index is 925. The molecule has 1 aliphatic heterocycles. The summed E-state index contributed by atoms with van der Waals surface area (Å²) in [5, 5.41) is 5.03. The fourth-order valence-electron chi connectivity index (χ4n) is 3.58. The molecule has 0 spiro atoms. The second-order valence-electron chi connectivity index (χ2n) is 7.02. The van der Waals surface area contributed by atoms with Crippen molar-refractivity contribution >= 4 is 23.1 Å². The molecule has 1 N–H and O–H groups in total. The Hall–Kier alpha value is -2.93. The van der Waals surface area contributed by atoms with E-state index < -0.39 is 5.41 Å². The summed E-state index contributed by atoms with van der Waals surface area (Å²) in [4.78, 5) is 24.0. The van der Waals surface area contributed by atoms with Crippen LogP contribution in [-0.4, -0.2) is 36.1 Å². The van der Waals surface area contributed by atoms with Gasteiger partial charge in [-0.2, -0.15) is 0 Å². The fourth-order valence-corrected chi connectivity index (χ4v) is 4.14. The molecule has 144 valence electrons. The molecule has 1 aromatic carbocycles. The van der Waals surface area contributed by atoms with Crippen LogP contribution in [0, 0.1) is 5.41 Å². The van der Waals surface area contributed by atoms with E-state index in [2.05, 4.69) is 20.2 Å². The van der Waals surface area contributed by atoms with Gasteiger partial charge in [0.05, 0.1) is 30.3 Å². The van der Waals surface area contributed by atoms with E-state index in [1.165, 1.54) is 11.3 Å². The molecule has 0 radical (unpaired) electrons. The number of rotatable bonds is 7. The number of amides is 1. The first-order chi connectivity index (χ1) is 13.7. The first kappa shape index (κ1) is 18.4. The Morgan fingerprint density at radius 2 is 2.14 bits per heavy atom. The van der Waals surface area contributed by atoms with E-state index in [0.717, 1.165) is 22.8 Å². The van der Waals surface area contributed by atoms with E-state index in [9.17, 15) is 4.79 Å². The van der Waals surface area contributed by atoms with Crippen molar-refractivity contribution in [2.24, 2.45) is 5.41 Å². The molecule has 1 aliphatic rings. The van der Waals surface area contributed by atoms with Gasteiger partial charge in [-0.3, -0.25) is 4.79 Å². The van der Waals surface area contributed by atoms with Crippen molar-refractivity contribution in [3.05, 3.63) is 70.8 Å². The van der Waals surface area contributed by atoms with Crippen LogP contribution in [0.4, 0.5) is 5.82 Å². The standard InChI is InChI=1S/C21H22N4O2S/c1-27-18-6-4-5-16(9-18)10-21(20(26)23-11-17-12-28-15-24-17)13-25(14-21)19-7-2-3-8-22-19/h2-9,12,15H,10-11,13-14H2,1H3,(H,23,26). The van der Waals surface area contributed by atoms with Crippen LogP contribution in [-0.2, 0) is 17.8 Å². The van der Waals surface area contributed by atoms with E-state index in [4.69, 9.17) is 4.74 Å². The lowest BCUT2D eigenvalue weighted by Gasteiger charge is -2.49. The van der Waals surface area contributed by atoms with Crippen molar-refractivity contribution in [3.63, 3.8) is 0 Å². The number of aromatic nitrogens is 2. The normalized spacial score (nSPS) is 15.0. The smallest absolute Gasteiger partial charge is 0.230 e. The highest BCUT2D eigenvalue weighted by Crippen LogP contribution is 2.37. The lowest BCUT2D eigenvalue weighted by molar-refractivity contribution is -0.132. The van der Waals surface area contributed by atoms with Gasteiger partial charge in [0.25, 0.3) is 0 Å². The number of nitrogens with one attached hydrogen (secondary N) is 1. The summed E-state index contributed by atoms with van der Waals surface area (Å²) < 4.78 is 5.34. The topological polar surface area (TPSA) is 67.3 Å². The Balaban J connectivity index is 1.52. The maximum Gasteiger partial charge on any atom is 0.230 e. The fraction of sp³-hybridized carbons (Fsp3) is 0.286. The number of thiazole rings is 1. The maximum atomic E-state index is 13.2. The Morgan fingerprint density at radius 1 is 1.25 bits per heavy atom. The molecule has 1 saturated heterocycles. The summed E-state index contributed by atoms with van der Waals surface area (Å²) in [5.41, 5.74) is 3.25. The Morgan fingerprint density at radius 3 is 2.86 bits per heavy atom. The van der Waals surface area contributed by atoms with Crippen molar-refractivity contribution in [2.45, 2.75) is 13.0 Å². The minimum Gasteiger partial charge on any atom is -0.497 e. The number of anilines is 1. The highest BCUT2D eigenvalue weighted by atomic mass is 32.1. The number of benzene rings is 1. The molecule has 0 saturated carbocycles. The maximum absolute atomic E-state index is 13.2.